The van der Waals surface area contributed by atoms with Crippen molar-refractivity contribution in [1.82, 2.24) is 19.5 Å². The molecular formula is C11H15N4O7PS. The van der Waals surface area contributed by atoms with Crippen LogP contribution in [0, 0.1) is 0 Å². The van der Waals surface area contributed by atoms with Gasteiger partial charge in [0.05, 0.1) is 30.6 Å². The summed E-state index contributed by atoms with van der Waals surface area (Å²) in [6.07, 6.45) is 0.322. The fourth-order valence-electron chi connectivity index (χ4n) is 2.64. The Bertz CT molecular complexity index is 865. The van der Waals surface area contributed by atoms with Gasteiger partial charge in [0.2, 0.25) is 0 Å². The van der Waals surface area contributed by atoms with Crippen LogP contribution in [-0.2, 0) is 19.6 Å². The molecule has 11 nitrogen and oxygen atoms in total. The zero-order chi connectivity index (χ0) is 17.7. The molecule has 0 unspecified atom stereocenters. The van der Waals surface area contributed by atoms with Crippen molar-refractivity contribution in [1.29, 1.82) is 0 Å². The van der Waals surface area contributed by atoms with Gasteiger partial charge in [-0.05, 0) is 6.92 Å². The van der Waals surface area contributed by atoms with E-state index in [9.17, 15) is 14.5 Å². The number of aromatic amines is 1. The largest absolute Gasteiger partial charge is 0.469 e. The number of aliphatic hydroxyl groups is 1. The quantitative estimate of drug-likeness (QED) is 0.331. The van der Waals surface area contributed by atoms with Gasteiger partial charge < -0.3 is 24.6 Å². The third kappa shape index (κ3) is 2.90. The van der Waals surface area contributed by atoms with Crippen LogP contribution in [0.3, 0.4) is 0 Å². The fourth-order valence-corrected chi connectivity index (χ4v) is 3.36. The first kappa shape index (κ1) is 17.5. The second-order valence-corrected chi connectivity index (χ2v) is 7.25. The minimum absolute atomic E-state index is 0.0901. The van der Waals surface area contributed by atoms with Gasteiger partial charge in [-0.3, -0.25) is 13.9 Å². The van der Waals surface area contributed by atoms with Gasteiger partial charge in [-0.25, -0.2) is 14.5 Å². The molecule has 3 rings (SSSR count). The van der Waals surface area contributed by atoms with Gasteiger partial charge in [-0.2, -0.15) is 12.6 Å². The molecule has 132 valence electrons. The SMILES string of the molecule is C[C@@]1(n2cnc3c(=O)[nH]cnc32)O[C@H](COP(=O)(O)O)[C@@H](O)[C@H]1S. The van der Waals surface area contributed by atoms with E-state index in [0.717, 1.165) is 0 Å². The number of thiol groups is 1. The first-order valence-corrected chi connectivity index (χ1v) is 8.83. The maximum absolute atomic E-state index is 11.7. The summed E-state index contributed by atoms with van der Waals surface area (Å²) >= 11 is 4.34. The molecule has 1 aliphatic heterocycles. The predicted molar refractivity (Wildman–Crippen MR) is 83.4 cm³/mol. The molecule has 0 bridgehead atoms. The molecule has 0 aliphatic carbocycles. The second-order valence-electron chi connectivity index (χ2n) is 5.45. The highest BCUT2D eigenvalue weighted by Crippen LogP contribution is 2.42. The smallest absolute Gasteiger partial charge is 0.389 e. The van der Waals surface area contributed by atoms with E-state index in [1.165, 1.54) is 17.2 Å². The molecule has 3 heterocycles. The third-order valence-corrected chi connectivity index (χ3v) is 5.14. The Hall–Kier alpha value is -1.27. The normalized spacial score (nSPS) is 31.0. The third-order valence-electron chi connectivity index (χ3n) is 3.87. The van der Waals surface area contributed by atoms with Crippen molar-refractivity contribution in [3.63, 3.8) is 0 Å². The Kier molecular flexibility index (Phi) is 4.33. The van der Waals surface area contributed by atoms with E-state index < -0.39 is 43.2 Å². The fraction of sp³-hybridized carbons (Fsp3) is 0.545. The van der Waals surface area contributed by atoms with Crippen LogP contribution >= 0.6 is 20.5 Å². The number of ether oxygens (including phenoxy) is 1. The summed E-state index contributed by atoms with van der Waals surface area (Å²) in [5, 5.41) is 9.47. The Morgan fingerprint density at radius 1 is 1.54 bits per heavy atom. The zero-order valence-electron chi connectivity index (χ0n) is 12.3. The molecule has 24 heavy (non-hydrogen) atoms. The molecule has 0 spiro atoms. The highest BCUT2D eigenvalue weighted by molar-refractivity contribution is 7.81. The number of fused-ring (bicyclic) bond motifs is 1. The van der Waals surface area contributed by atoms with Gasteiger partial charge >= 0.3 is 7.82 Å². The number of rotatable bonds is 4. The molecule has 2 aromatic heterocycles. The summed E-state index contributed by atoms with van der Waals surface area (Å²) in [5.74, 6) is 0. The van der Waals surface area contributed by atoms with Crippen molar-refractivity contribution in [3.8, 4) is 0 Å². The van der Waals surface area contributed by atoms with Crippen molar-refractivity contribution >= 4 is 31.6 Å². The first-order chi connectivity index (χ1) is 11.1. The average molecular weight is 378 g/mol. The van der Waals surface area contributed by atoms with Gasteiger partial charge in [0.1, 0.15) is 6.10 Å². The van der Waals surface area contributed by atoms with E-state index in [2.05, 4.69) is 32.1 Å². The molecular weight excluding hydrogens is 363 g/mol. The summed E-state index contributed by atoms with van der Waals surface area (Å²) in [4.78, 5) is 39.8. The predicted octanol–water partition coefficient (Wildman–Crippen LogP) is -1.04. The number of nitrogens with zero attached hydrogens (tertiary/aromatic N) is 3. The molecule has 0 amide bonds. The number of H-pyrrole nitrogens is 1. The second kappa shape index (κ2) is 5.92. The van der Waals surface area contributed by atoms with Crippen LogP contribution in [0.1, 0.15) is 6.92 Å². The molecule has 0 saturated carbocycles. The minimum atomic E-state index is -4.70. The van der Waals surface area contributed by atoms with Crippen LogP contribution in [0.5, 0.6) is 0 Å². The average Bonchev–Trinajstić information content (AvgIpc) is 3.02. The molecule has 2 aromatic rings. The van der Waals surface area contributed by atoms with E-state index in [1.807, 2.05) is 0 Å². The summed E-state index contributed by atoms with van der Waals surface area (Å²) < 4.78 is 22.4. The van der Waals surface area contributed by atoms with Crippen molar-refractivity contribution in [3.05, 3.63) is 23.0 Å². The molecule has 4 atom stereocenters. The van der Waals surface area contributed by atoms with Gasteiger partial charge in [-0.1, -0.05) is 0 Å². The van der Waals surface area contributed by atoms with Crippen LogP contribution in [0.4, 0.5) is 0 Å². The Morgan fingerprint density at radius 2 is 2.25 bits per heavy atom. The number of phosphoric acid groups is 1. The minimum Gasteiger partial charge on any atom is -0.389 e. The van der Waals surface area contributed by atoms with Crippen LogP contribution in [-0.4, -0.2) is 58.5 Å². The first-order valence-electron chi connectivity index (χ1n) is 6.79. The lowest BCUT2D eigenvalue weighted by molar-refractivity contribution is -0.101. The Labute approximate surface area is 140 Å². The van der Waals surface area contributed by atoms with Crippen molar-refractivity contribution in [2.45, 2.75) is 30.1 Å². The van der Waals surface area contributed by atoms with Crippen LogP contribution < -0.4 is 5.56 Å². The van der Waals surface area contributed by atoms with E-state index in [0.29, 0.717) is 0 Å². The number of aliphatic hydroxyl groups excluding tert-OH is 1. The van der Waals surface area contributed by atoms with Crippen LogP contribution in [0.15, 0.2) is 17.4 Å². The lowest BCUT2D eigenvalue weighted by Gasteiger charge is -2.29. The van der Waals surface area contributed by atoms with Gasteiger partial charge in [-0.15, -0.1) is 0 Å². The summed E-state index contributed by atoms with van der Waals surface area (Å²) in [6.45, 7) is 1.06. The molecule has 1 aliphatic rings. The van der Waals surface area contributed by atoms with Gasteiger partial charge in [0.25, 0.3) is 5.56 Å². The number of hydrogen-bond donors (Lipinski definition) is 5. The van der Waals surface area contributed by atoms with Crippen molar-refractivity contribution < 1.29 is 28.7 Å². The van der Waals surface area contributed by atoms with Gasteiger partial charge in [0.15, 0.2) is 16.9 Å². The lowest BCUT2D eigenvalue weighted by Crippen LogP contribution is -2.39. The molecule has 1 saturated heterocycles. The van der Waals surface area contributed by atoms with Crippen molar-refractivity contribution in [2.75, 3.05) is 6.61 Å². The Balaban J connectivity index is 1.95. The topological polar surface area (TPSA) is 160 Å². The van der Waals surface area contributed by atoms with Crippen molar-refractivity contribution in [2.24, 2.45) is 0 Å². The Morgan fingerprint density at radius 3 is 2.92 bits per heavy atom. The number of nitrogens with one attached hydrogen (secondary N) is 1. The van der Waals surface area contributed by atoms with E-state index in [-0.39, 0.29) is 11.2 Å². The van der Waals surface area contributed by atoms with Crippen LogP contribution in [0.2, 0.25) is 0 Å². The zero-order valence-corrected chi connectivity index (χ0v) is 14.1. The van der Waals surface area contributed by atoms with E-state index in [4.69, 9.17) is 14.5 Å². The molecule has 0 aromatic carbocycles. The number of aromatic nitrogens is 4. The van der Waals surface area contributed by atoms with E-state index in [1.54, 1.807) is 6.92 Å². The van der Waals surface area contributed by atoms with Crippen LogP contribution in [0.25, 0.3) is 11.2 Å². The maximum atomic E-state index is 11.7. The molecule has 13 heteroatoms. The maximum Gasteiger partial charge on any atom is 0.469 e. The standard InChI is InChI=1S/C11H15N4O7PS/c1-11(15-4-14-6-9(15)12-3-13-10(6)17)8(24)7(16)5(22-11)2-21-23(18,19)20/h3-5,7-8,16,24H,2H2,1H3,(H,12,13,17)(H2,18,19,20)/t5-,7-,8-,11-/m1/s1. The number of hydrogen-bond acceptors (Lipinski definition) is 8. The number of phosphoric ester groups is 1. The number of imidazole rings is 1. The monoisotopic (exact) mass is 378 g/mol. The highest BCUT2D eigenvalue weighted by Gasteiger charge is 2.52. The van der Waals surface area contributed by atoms with E-state index >= 15 is 0 Å². The van der Waals surface area contributed by atoms with Gasteiger partial charge in [0, 0.05) is 0 Å². The highest BCUT2D eigenvalue weighted by atomic mass is 32.1. The molecule has 1 fully saturated rings. The molecule has 4 N–H and O–H groups in total. The molecule has 0 radical (unpaired) electrons. The summed E-state index contributed by atoms with van der Waals surface area (Å²) in [7, 11) is -4.70. The lowest BCUT2D eigenvalue weighted by atomic mass is 10.1. The summed E-state index contributed by atoms with van der Waals surface area (Å²) in [6, 6.07) is 0. The summed E-state index contributed by atoms with van der Waals surface area (Å²) in [5.41, 5.74) is -1.38.